The maximum atomic E-state index is 12.7. The third-order valence-electron chi connectivity index (χ3n) is 4.91. The molecule has 7 heteroatoms. The third-order valence-corrected chi connectivity index (χ3v) is 4.91. The number of hydrogen-bond donors (Lipinski definition) is 1. The van der Waals surface area contributed by atoms with Gasteiger partial charge >= 0.3 is 0 Å². The van der Waals surface area contributed by atoms with Crippen LogP contribution in [0.25, 0.3) is 0 Å². The predicted molar refractivity (Wildman–Crippen MR) is 98.1 cm³/mol. The van der Waals surface area contributed by atoms with Crippen LogP contribution in [0.1, 0.15) is 46.6 Å². The number of rotatable bonds is 5. The summed E-state index contributed by atoms with van der Waals surface area (Å²) in [6.07, 6.45) is 7.46. The topological polar surface area (TPSA) is 84.4 Å². The highest BCUT2D eigenvalue weighted by atomic mass is 16.4. The number of nitrogens with zero attached hydrogens (tertiary/aromatic N) is 4. The van der Waals surface area contributed by atoms with Crippen LogP contribution in [0.5, 0.6) is 0 Å². The molecule has 3 aromatic heterocycles. The quantitative estimate of drug-likeness (QED) is 0.750. The average molecular weight is 366 g/mol. The van der Waals surface area contributed by atoms with Crippen molar-refractivity contribution in [3.05, 3.63) is 72.0 Å². The van der Waals surface area contributed by atoms with E-state index in [1.807, 2.05) is 29.3 Å². The van der Waals surface area contributed by atoms with Crippen LogP contribution in [0.15, 0.2) is 53.3 Å². The first-order valence-electron chi connectivity index (χ1n) is 9.14. The van der Waals surface area contributed by atoms with Gasteiger partial charge in [-0.25, -0.2) is 4.98 Å². The maximum Gasteiger partial charge on any atom is 0.289 e. The molecule has 1 aliphatic rings. The number of aromatic nitrogens is 3. The number of carbonyl (C=O) groups excluding carboxylic acids is 1. The lowest BCUT2D eigenvalue weighted by Gasteiger charge is -2.32. The number of aliphatic hydroxyl groups excluding tert-OH is 1. The van der Waals surface area contributed by atoms with Crippen molar-refractivity contribution in [1.82, 2.24) is 19.4 Å². The Hall–Kier alpha value is -2.93. The van der Waals surface area contributed by atoms with Gasteiger partial charge in [-0.1, -0.05) is 6.07 Å². The van der Waals surface area contributed by atoms with Gasteiger partial charge in [-0.05, 0) is 37.1 Å². The zero-order valence-corrected chi connectivity index (χ0v) is 15.0. The van der Waals surface area contributed by atoms with Gasteiger partial charge in [0.15, 0.2) is 5.76 Å². The van der Waals surface area contributed by atoms with E-state index in [1.165, 1.54) is 0 Å². The number of amides is 1. The zero-order chi connectivity index (χ0) is 18.6. The number of likely N-dealkylation sites (tertiary alicyclic amines) is 1. The molecule has 1 amide bonds. The Bertz CT molecular complexity index is 903. The first-order chi connectivity index (χ1) is 13.2. The molecular weight excluding hydrogens is 344 g/mol. The minimum Gasteiger partial charge on any atom is -0.453 e. The highest BCUT2D eigenvalue weighted by molar-refractivity contribution is 5.91. The maximum absolute atomic E-state index is 12.7. The van der Waals surface area contributed by atoms with Crippen molar-refractivity contribution in [2.24, 2.45) is 0 Å². The van der Waals surface area contributed by atoms with Crippen molar-refractivity contribution in [3.8, 4) is 0 Å². The standard InChI is InChI=1S/C20H22N4O3/c25-14-17-6-7-18(27-17)20(26)24-10-3-4-15(12-24)19-22-9-11-23(19)13-16-5-1-2-8-21-16/h1-2,5-9,11,15,25H,3-4,10,12-14H2/t15-/m0/s1. The number of imidazole rings is 1. The Kier molecular flexibility index (Phi) is 5.02. The lowest BCUT2D eigenvalue weighted by Crippen LogP contribution is -2.39. The summed E-state index contributed by atoms with van der Waals surface area (Å²) in [5.41, 5.74) is 0.979. The molecule has 4 rings (SSSR count). The molecule has 0 unspecified atom stereocenters. The number of piperidine rings is 1. The molecule has 1 aliphatic heterocycles. The highest BCUT2D eigenvalue weighted by Crippen LogP contribution is 2.27. The highest BCUT2D eigenvalue weighted by Gasteiger charge is 2.29. The second kappa shape index (κ2) is 7.75. The summed E-state index contributed by atoms with van der Waals surface area (Å²) in [7, 11) is 0. The molecule has 0 aliphatic carbocycles. The molecule has 4 heterocycles. The smallest absolute Gasteiger partial charge is 0.289 e. The van der Waals surface area contributed by atoms with Crippen LogP contribution in [-0.2, 0) is 13.2 Å². The number of pyridine rings is 1. The van der Waals surface area contributed by atoms with Crippen molar-refractivity contribution in [2.75, 3.05) is 13.1 Å². The minimum absolute atomic E-state index is 0.137. The fourth-order valence-electron chi connectivity index (χ4n) is 3.59. The number of furan rings is 1. The van der Waals surface area contributed by atoms with Crippen LogP contribution in [0, 0.1) is 0 Å². The zero-order valence-electron chi connectivity index (χ0n) is 15.0. The summed E-state index contributed by atoms with van der Waals surface area (Å²) in [4.78, 5) is 23.5. The number of hydrogen-bond acceptors (Lipinski definition) is 5. The lowest BCUT2D eigenvalue weighted by molar-refractivity contribution is 0.0666. The van der Waals surface area contributed by atoms with E-state index >= 15 is 0 Å². The normalized spacial score (nSPS) is 17.2. The Morgan fingerprint density at radius 1 is 1.22 bits per heavy atom. The van der Waals surface area contributed by atoms with Crippen molar-refractivity contribution in [3.63, 3.8) is 0 Å². The van der Waals surface area contributed by atoms with Crippen LogP contribution in [0.4, 0.5) is 0 Å². The Morgan fingerprint density at radius 3 is 2.93 bits per heavy atom. The number of aliphatic hydroxyl groups is 1. The van der Waals surface area contributed by atoms with Gasteiger partial charge in [-0.2, -0.15) is 0 Å². The van der Waals surface area contributed by atoms with E-state index in [9.17, 15) is 4.79 Å². The van der Waals surface area contributed by atoms with E-state index in [4.69, 9.17) is 9.52 Å². The van der Waals surface area contributed by atoms with Crippen molar-refractivity contribution in [1.29, 1.82) is 0 Å². The van der Waals surface area contributed by atoms with Gasteiger partial charge in [0.2, 0.25) is 0 Å². The van der Waals surface area contributed by atoms with Gasteiger partial charge in [-0.3, -0.25) is 9.78 Å². The molecular formula is C20H22N4O3. The van der Waals surface area contributed by atoms with Crippen LogP contribution in [0.3, 0.4) is 0 Å². The molecule has 0 spiro atoms. The SMILES string of the molecule is O=C(c1ccc(CO)o1)N1CCC[C@H](c2nccn2Cc2ccccn2)C1. The van der Waals surface area contributed by atoms with E-state index in [1.54, 1.807) is 24.5 Å². The lowest BCUT2D eigenvalue weighted by atomic mass is 9.97. The van der Waals surface area contributed by atoms with Crippen molar-refractivity contribution in [2.45, 2.75) is 31.9 Å². The summed E-state index contributed by atoms with van der Waals surface area (Å²) in [6.45, 7) is 1.76. The molecule has 0 radical (unpaired) electrons. The summed E-state index contributed by atoms with van der Waals surface area (Å²) in [5.74, 6) is 1.69. The van der Waals surface area contributed by atoms with Crippen LogP contribution in [0.2, 0.25) is 0 Å². The molecule has 7 nitrogen and oxygen atoms in total. The summed E-state index contributed by atoms with van der Waals surface area (Å²) < 4.78 is 7.52. The van der Waals surface area contributed by atoms with E-state index in [0.29, 0.717) is 25.4 Å². The largest absolute Gasteiger partial charge is 0.453 e. The molecule has 0 saturated carbocycles. The summed E-state index contributed by atoms with van der Waals surface area (Å²) in [6, 6.07) is 9.13. The minimum atomic E-state index is -0.207. The predicted octanol–water partition coefficient (Wildman–Crippen LogP) is 2.43. The molecule has 1 fully saturated rings. The molecule has 140 valence electrons. The van der Waals surface area contributed by atoms with Gasteiger partial charge < -0.3 is 19.0 Å². The fourth-order valence-corrected chi connectivity index (χ4v) is 3.59. The van der Waals surface area contributed by atoms with Crippen LogP contribution < -0.4 is 0 Å². The Balaban J connectivity index is 1.49. The van der Waals surface area contributed by atoms with Crippen molar-refractivity contribution >= 4 is 5.91 Å². The van der Waals surface area contributed by atoms with E-state index < -0.39 is 0 Å². The van der Waals surface area contributed by atoms with Crippen LogP contribution in [-0.4, -0.2) is 43.5 Å². The second-order valence-electron chi connectivity index (χ2n) is 6.75. The molecule has 1 atom stereocenters. The molecule has 3 aromatic rings. The molecule has 0 bridgehead atoms. The monoisotopic (exact) mass is 366 g/mol. The van der Waals surface area contributed by atoms with Crippen LogP contribution >= 0.6 is 0 Å². The first-order valence-corrected chi connectivity index (χ1v) is 9.14. The van der Waals surface area contributed by atoms with Gasteiger partial charge in [0.05, 0.1) is 12.2 Å². The Morgan fingerprint density at radius 2 is 2.15 bits per heavy atom. The molecule has 1 N–H and O–H groups in total. The average Bonchev–Trinajstić information content (AvgIpc) is 3.38. The molecule has 1 saturated heterocycles. The number of carbonyl (C=O) groups is 1. The van der Waals surface area contributed by atoms with Crippen molar-refractivity contribution < 1.29 is 14.3 Å². The van der Waals surface area contributed by atoms with E-state index in [-0.39, 0.29) is 24.2 Å². The third kappa shape index (κ3) is 3.78. The summed E-state index contributed by atoms with van der Waals surface area (Å²) in [5, 5.41) is 9.13. The van der Waals surface area contributed by atoms with Gasteiger partial charge in [0.25, 0.3) is 5.91 Å². The molecule has 27 heavy (non-hydrogen) atoms. The fraction of sp³-hybridized carbons (Fsp3) is 0.350. The Labute approximate surface area is 157 Å². The first kappa shape index (κ1) is 17.5. The summed E-state index contributed by atoms with van der Waals surface area (Å²) >= 11 is 0. The van der Waals surface area contributed by atoms with Gasteiger partial charge in [0, 0.05) is 37.6 Å². The van der Waals surface area contributed by atoms with E-state index in [0.717, 1.165) is 24.4 Å². The van der Waals surface area contributed by atoms with Gasteiger partial charge in [-0.15, -0.1) is 0 Å². The molecule has 0 aromatic carbocycles. The van der Waals surface area contributed by atoms with E-state index in [2.05, 4.69) is 14.5 Å². The second-order valence-corrected chi connectivity index (χ2v) is 6.75. The van der Waals surface area contributed by atoms with Gasteiger partial charge in [0.1, 0.15) is 18.2 Å².